The Morgan fingerprint density at radius 1 is 0.952 bits per heavy atom. The molecule has 3 unspecified atom stereocenters. The Hall–Kier alpha value is -0.820. The number of aliphatic hydroxyl groups excluding tert-OH is 1. The Morgan fingerprint density at radius 3 is 1.90 bits per heavy atom. The van der Waals surface area contributed by atoms with Crippen LogP contribution in [-0.4, -0.2) is 5.11 Å². The number of aryl methyl sites for hydroxylation is 3. The van der Waals surface area contributed by atoms with Crippen LogP contribution in [0.1, 0.15) is 74.8 Å². The molecule has 1 aromatic rings. The average molecular weight is 286 g/mol. The van der Waals surface area contributed by atoms with Crippen molar-refractivity contribution in [3.63, 3.8) is 0 Å². The number of hydrogen-bond acceptors (Lipinski definition) is 1. The van der Waals surface area contributed by atoms with E-state index in [4.69, 9.17) is 0 Å². The van der Waals surface area contributed by atoms with Crippen molar-refractivity contribution in [2.75, 3.05) is 0 Å². The zero-order valence-electron chi connectivity index (χ0n) is 13.9. The molecule has 2 fully saturated rings. The minimum atomic E-state index is -0.214. The predicted octanol–water partition coefficient (Wildman–Crippen LogP) is 4.84. The highest BCUT2D eigenvalue weighted by molar-refractivity contribution is 5.42. The summed E-state index contributed by atoms with van der Waals surface area (Å²) >= 11 is 0. The minimum absolute atomic E-state index is 0.214. The van der Waals surface area contributed by atoms with Gasteiger partial charge in [0.1, 0.15) is 0 Å². The summed E-state index contributed by atoms with van der Waals surface area (Å²) in [6, 6.07) is 4.67. The Bertz CT molecular complexity index is 468. The number of benzene rings is 1. The molecule has 3 atom stereocenters. The molecule has 0 aromatic heterocycles. The van der Waals surface area contributed by atoms with E-state index in [0.717, 1.165) is 31.1 Å². The van der Waals surface area contributed by atoms with Gasteiger partial charge in [-0.15, -0.1) is 0 Å². The molecule has 0 saturated heterocycles. The van der Waals surface area contributed by atoms with Gasteiger partial charge in [0, 0.05) is 0 Å². The van der Waals surface area contributed by atoms with Crippen LogP contribution in [-0.2, 0) is 19.3 Å². The Morgan fingerprint density at radius 2 is 1.48 bits per heavy atom. The molecule has 116 valence electrons. The summed E-state index contributed by atoms with van der Waals surface area (Å²) in [7, 11) is 0. The SMILES string of the molecule is CCc1cc(CC)c(C(O)C2C3CCCCC32)c(CC)c1. The van der Waals surface area contributed by atoms with Crippen molar-refractivity contribution in [3.8, 4) is 0 Å². The molecule has 2 aliphatic rings. The Kier molecular flexibility index (Phi) is 4.40. The number of hydrogen-bond donors (Lipinski definition) is 1. The van der Waals surface area contributed by atoms with Crippen LogP contribution in [0, 0.1) is 17.8 Å². The molecule has 2 aliphatic carbocycles. The second kappa shape index (κ2) is 6.12. The van der Waals surface area contributed by atoms with Gasteiger partial charge in [-0.05, 0) is 72.1 Å². The second-order valence-electron chi connectivity index (χ2n) is 7.02. The van der Waals surface area contributed by atoms with Gasteiger partial charge in [0.05, 0.1) is 6.10 Å². The number of rotatable bonds is 5. The minimum Gasteiger partial charge on any atom is -0.388 e. The van der Waals surface area contributed by atoms with Crippen LogP contribution in [0.25, 0.3) is 0 Å². The molecule has 0 heterocycles. The van der Waals surface area contributed by atoms with Gasteiger partial charge < -0.3 is 5.11 Å². The molecule has 0 spiro atoms. The summed E-state index contributed by atoms with van der Waals surface area (Å²) in [5.41, 5.74) is 5.49. The molecule has 0 amide bonds. The molecule has 1 heteroatoms. The topological polar surface area (TPSA) is 20.2 Å². The van der Waals surface area contributed by atoms with Crippen LogP contribution in [0.4, 0.5) is 0 Å². The molecular weight excluding hydrogens is 256 g/mol. The lowest BCUT2D eigenvalue weighted by Gasteiger charge is -2.21. The summed E-state index contributed by atoms with van der Waals surface area (Å²) in [5, 5.41) is 11.1. The van der Waals surface area contributed by atoms with E-state index in [1.54, 1.807) is 0 Å². The molecule has 0 aliphatic heterocycles. The third kappa shape index (κ3) is 2.65. The first kappa shape index (κ1) is 15.1. The van der Waals surface area contributed by atoms with Crippen LogP contribution in [0.3, 0.4) is 0 Å². The van der Waals surface area contributed by atoms with Crippen molar-refractivity contribution in [1.29, 1.82) is 0 Å². The first-order chi connectivity index (χ1) is 10.2. The zero-order chi connectivity index (χ0) is 15.0. The van der Waals surface area contributed by atoms with Crippen LogP contribution >= 0.6 is 0 Å². The predicted molar refractivity (Wildman–Crippen MR) is 88.5 cm³/mol. The van der Waals surface area contributed by atoms with Crippen LogP contribution in [0.2, 0.25) is 0 Å². The maximum absolute atomic E-state index is 11.1. The average Bonchev–Trinajstić information content (AvgIpc) is 3.27. The van der Waals surface area contributed by atoms with E-state index < -0.39 is 0 Å². The Labute approximate surface area is 129 Å². The largest absolute Gasteiger partial charge is 0.388 e. The van der Waals surface area contributed by atoms with Crippen molar-refractivity contribution in [2.24, 2.45) is 17.8 Å². The smallest absolute Gasteiger partial charge is 0.0829 e. The quantitative estimate of drug-likeness (QED) is 0.821. The third-order valence-corrected chi connectivity index (χ3v) is 5.96. The van der Waals surface area contributed by atoms with Crippen molar-refractivity contribution >= 4 is 0 Å². The zero-order valence-corrected chi connectivity index (χ0v) is 13.9. The fraction of sp³-hybridized carbons (Fsp3) is 0.700. The van der Waals surface area contributed by atoms with Gasteiger partial charge in [-0.2, -0.15) is 0 Å². The second-order valence-corrected chi connectivity index (χ2v) is 7.02. The first-order valence-electron chi connectivity index (χ1n) is 9.03. The van der Waals surface area contributed by atoms with Crippen molar-refractivity contribution in [3.05, 3.63) is 34.4 Å². The highest BCUT2D eigenvalue weighted by Gasteiger charge is 2.54. The fourth-order valence-electron chi connectivity index (χ4n) is 4.73. The fourth-order valence-corrected chi connectivity index (χ4v) is 4.73. The summed E-state index contributed by atoms with van der Waals surface area (Å²) < 4.78 is 0. The highest BCUT2D eigenvalue weighted by atomic mass is 16.3. The third-order valence-electron chi connectivity index (χ3n) is 5.96. The van der Waals surface area contributed by atoms with Gasteiger partial charge in [0.2, 0.25) is 0 Å². The normalized spacial score (nSPS) is 29.0. The lowest BCUT2D eigenvalue weighted by Crippen LogP contribution is -2.10. The van der Waals surface area contributed by atoms with Crippen LogP contribution in [0.5, 0.6) is 0 Å². The molecule has 1 N–H and O–H groups in total. The van der Waals surface area contributed by atoms with Gasteiger partial charge in [-0.3, -0.25) is 0 Å². The van der Waals surface area contributed by atoms with Crippen molar-refractivity contribution < 1.29 is 5.11 Å². The van der Waals surface area contributed by atoms with Crippen LogP contribution < -0.4 is 0 Å². The molecule has 2 saturated carbocycles. The number of aliphatic hydroxyl groups is 1. The number of fused-ring (bicyclic) bond motifs is 1. The van der Waals surface area contributed by atoms with E-state index in [1.165, 1.54) is 47.9 Å². The van der Waals surface area contributed by atoms with Gasteiger partial charge in [0.25, 0.3) is 0 Å². The molecular formula is C20H30O. The molecule has 21 heavy (non-hydrogen) atoms. The summed E-state index contributed by atoms with van der Waals surface area (Å²) in [6.07, 6.45) is 8.40. The lowest BCUT2D eigenvalue weighted by molar-refractivity contribution is 0.140. The van der Waals surface area contributed by atoms with Crippen molar-refractivity contribution in [2.45, 2.75) is 71.8 Å². The van der Waals surface area contributed by atoms with Gasteiger partial charge in [-0.1, -0.05) is 45.7 Å². The maximum atomic E-state index is 11.1. The van der Waals surface area contributed by atoms with Gasteiger partial charge >= 0.3 is 0 Å². The lowest BCUT2D eigenvalue weighted by atomic mass is 9.88. The maximum Gasteiger partial charge on any atom is 0.0829 e. The van der Waals surface area contributed by atoms with Gasteiger partial charge in [-0.25, -0.2) is 0 Å². The monoisotopic (exact) mass is 286 g/mol. The van der Waals surface area contributed by atoms with Crippen LogP contribution in [0.15, 0.2) is 12.1 Å². The standard InChI is InChI=1S/C20H30O/c1-4-13-11-14(5-2)18(15(6-3)12-13)20(21)19-16-9-7-8-10-17(16)19/h11-12,16-17,19-21H,4-10H2,1-3H3. The van der Waals surface area contributed by atoms with E-state index in [1.807, 2.05) is 0 Å². The molecule has 3 rings (SSSR count). The summed E-state index contributed by atoms with van der Waals surface area (Å²) in [5.74, 6) is 2.18. The highest BCUT2D eigenvalue weighted by Crippen LogP contribution is 2.60. The van der Waals surface area contributed by atoms with Crippen molar-refractivity contribution in [1.82, 2.24) is 0 Å². The van der Waals surface area contributed by atoms with E-state index in [0.29, 0.717) is 5.92 Å². The van der Waals surface area contributed by atoms with E-state index in [9.17, 15) is 5.11 Å². The van der Waals surface area contributed by atoms with E-state index in [2.05, 4.69) is 32.9 Å². The summed E-state index contributed by atoms with van der Waals surface area (Å²) in [6.45, 7) is 6.68. The van der Waals surface area contributed by atoms with E-state index in [-0.39, 0.29) is 6.10 Å². The molecule has 0 bridgehead atoms. The molecule has 1 nitrogen and oxygen atoms in total. The Balaban J connectivity index is 1.93. The summed E-state index contributed by atoms with van der Waals surface area (Å²) in [4.78, 5) is 0. The van der Waals surface area contributed by atoms with Gasteiger partial charge in [0.15, 0.2) is 0 Å². The van der Waals surface area contributed by atoms with E-state index >= 15 is 0 Å². The molecule has 1 aromatic carbocycles. The molecule has 0 radical (unpaired) electrons. The first-order valence-corrected chi connectivity index (χ1v) is 9.03.